The first kappa shape index (κ1) is 23.1. The second kappa shape index (κ2) is 9.19. The first-order valence-electron chi connectivity index (χ1n) is 11.7. The van der Waals surface area contributed by atoms with E-state index in [0.717, 1.165) is 29.8 Å². The molecule has 8 nitrogen and oxygen atoms in total. The van der Waals surface area contributed by atoms with Crippen molar-refractivity contribution in [3.05, 3.63) is 81.5 Å². The number of fused-ring (bicyclic) bond motifs is 2. The Morgan fingerprint density at radius 2 is 1.86 bits per heavy atom. The van der Waals surface area contributed by atoms with Gasteiger partial charge in [0.25, 0.3) is 11.5 Å². The van der Waals surface area contributed by atoms with Crippen molar-refractivity contribution in [2.24, 2.45) is 0 Å². The number of nitrogens with zero attached hydrogens (tertiary/aromatic N) is 4. The summed E-state index contributed by atoms with van der Waals surface area (Å²) in [6.45, 7) is 6.28. The Morgan fingerprint density at radius 3 is 2.60 bits per heavy atom. The second-order valence-corrected chi connectivity index (χ2v) is 9.46. The van der Waals surface area contributed by atoms with Crippen LogP contribution in [0.5, 0.6) is 0 Å². The summed E-state index contributed by atoms with van der Waals surface area (Å²) in [4.78, 5) is 37.4. The number of aryl methyl sites for hydroxylation is 1. The van der Waals surface area contributed by atoms with Crippen LogP contribution in [-0.4, -0.2) is 38.1 Å². The van der Waals surface area contributed by atoms with Gasteiger partial charge in [0.15, 0.2) is 0 Å². The number of hydrogen-bond donors (Lipinski definition) is 2. The molecule has 0 spiro atoms. The molecule has 2 aromatic heterocycles. The van der Waals surface area contributed by atoms with Gasteiger partial charge >= 0.3 is 0 Å². The molecule has 0 saturated heterocycles. The van der Waals surface area contributed by atoms with E-state index in [0.29, 0.717) is 34.5 Å². The number of pyridine rings is 1. The minimum absolute atomic E-state index is 0.0235. The molecular weight excluding hydrogens is 464 g/mol. The predicted molar refractivity (Wildman–Crippen MR) is 138 cm³/mol. The number of allylic oxidation sites excluding steroid dienone is 1. The number of halogens is 1. The topological polar surface area (TPSA) is 92.2 Å². The summed E-state index contributed by atoms with van der Waals surface area (Å²) in [7, 11) is 0. The van der Waals surface area contributed by atoms with Crippen LogP contribution in [0.15, 0.2) is 53.6 Å². The Bertz CT molecular complexity index is 1380. The third kappa shape index (κ3) is 4.08. The third-order valence-corrected chi connectivity index (χ3v) is 6.81. The molecule has 3 aromatic rings. The number of hydrogen-bond acceptors (Lipinski definition) is 6. The van der Waals surface area contributed by atoms with E-state index in [9.17, 15) is 9.59 Å². The normalized spacial score (nSPS) is 15.7. The maximum absolute atomic E-state index is 13.7. The standard InChI is InChI=1S/C26H27ClN6O2/c1-15(2)32-14-30-23-22(25(32)34)24(29-13-28-23)31-16(3)20-12-17-8-7-11-19(27)21(17)26(35)33(20)18-9-5-4-6-10-18/h4-6,9-13,15-16H,7-8,14H2,1-3H3,(H2,28,29,30,31)/t16-/m0/s1. The fourth-order valence-corrected chi connectivity index (χ4v) is 4.97. The lowest BCUT2D eigenvalue weighted by atomic mass is 9.96. The summed E-state index contributed by atoms with van der Waals surface area (Å²) < 4.78 is 1.69. The van der Waals surface area contributed by atoms with Crippen molar-refractivity contribution in [2.75, 3.05) is 17.3 Å². The molecule has 1 aliphatic carbocycles. The highest BCUT2D eigenvalue weighted by Gasteiger charge is 2.31. The van der Waals surface area contributed by atoms with Crippen LogP contribution in [0, 0.1) is 0 Å². The minimum atomic E-state index is -0.348. The molecule has 0 unspecified atom stereocenters. The van der Waals surface area contributed by atoms with Gasteiger partial charge in [0, 0.05) is 22.5 Å². The molecule has 180 valence electrons. The van der Waals surface area contributed by atoms with Gasteiger partial charge < -0.3 is 15.5 Å². The molecule has 5 rings (SSSR count). The molecule has 35 heavy (non-hydrogen) atoms. The highest BCUT2D eigenvalue weighted by atomic mass is 35.5. The van der Waals surface area contributed by atoms with Gasteiger partial charge in [-0.25, -0.2) is 9.97 Å². The zero-order valence-electron chi connectivity index (χ0n) is 19.9. The highest BCUT2D eigenvalue weighted by Crippen LogP contribution is 2.32. The lowest BCUT2D eigenvalue weighted by Gasteiger charge is -2.33. The Labute approximate surface area is 208 Å². The number of benzene rings is 1. The van der Waals surface area contributed by atoms with Crippen molar-refractivity contribution >= 4 is 34.2 Å². The van der Waals surface area contributed by atoms with Gasteiger partial charge in [0.2, 0.25) is 0 Å². The van der Waals surface area contributed by atoms with E-state index in [-0.39, 0.29) is 23.6 Å². The minimum Gasteiger partial charge on any atom is -0.361 e. The average Bonchev–Trinajstić information content (AvgIpc) is 2.84. The summed E-state index contributed by atoms with van der Waals surface area (Å²) in [5.41, 5.74) is 3.21. The molecule has 0 bridgehead atoms. The number of nitrogens with one attached hydrogen (secondary N) is 2. The number of para-hydroxylation sites is 1. The average molecular weight is 491 g/mol. The monoisotopic (exact) mass is 490 g/mol. The number of anilines is 2. The molecule has 1 aliphatic heterocycles. The molecule has 1 aromatic carbocycles. The third-order valence-electron chi connectivity index (χ3n) is 6.47. The van der Waals surface area contributed by atoms with Gasteiger partial charge in [-0.2, -0.15) is 0 Å². The van der Waals surface area contributed by atoms with Crippen LogP contribution >= 0.6 is 11.6 Å². The quantitative estimate of drug-likeness (QED) is 0.544. The molecule has 0 saturated carbocycles. The number of amides is 1. The van der Waals surface area contributed by atoms with Crippen LogP contribution in [0.2, 0.25) is 0 Å². The fourth-order valence-electron chi connectivity index (χ4n) is 4.66. The molecule has 0 fully saturated rings. The Kier molecular flexibility index (Phi) is 6.06. The van der Waals surface area contributed by atoms with Crippen LogP contribution in [-0.2, 0) is 6.42 Å². The van der Waals surface area contributed by atoms with Gasteiger partial charge in [0.1, 0.15) is 23.5 Å². The maximum atomic E-state index is 13.7. The Morgan fingerprint density at radius 1 is 1.09 bits per heavy atom. The van der Waals surface area contributed by atoms with Crippen LogP contribution in [0.4, 0.5) is 11.6 Å². The van der Waals surface area contributed by atoms with Crippen LogP contribution < -0.4 is 16.2 Å². The largest absolute Gasteiger partial charge is 0.361 e. The SMILES string of the molecule is CC(C)N1CNc2ncnc(N[C@@H](C)c3cc4c(c(=O)n3-c3ccccc3)C(Cl)=CCC4)c2C1=O. The predicted octanol–water partition coefficient (Wildman–Crippen LogP) is 4.56. The molecular formula is C26H27ClN6O2. The van der Waals surface area contributed by atoms with E-state index >= 15 is 0 Å². The molecule has 3 heterocycles. The van der Waals surface area contributed by atoms with Crippen molar-refractivity contribution < 1.29 is 4.79 Å². The molecule has 1 amide bonds. The molecule has 2 N–H and O–H groups in total. The summed E-state index contributed by atoms with van der Waals surface area (Å²) >= 11 is 6.47. The first-order valence-corrected chi connectivity index (χ1v) is 12.1. The van der Waals surface area contributed by atoms with Crippen molar-refractivity contribution in [1.82, 2.24) is 19.4 Å². The van der Waals surface area contributed by atoms with E-state index in [4.69, 9.17) is 11.6 Å². The van der Waals surface area contributed by atoms with E-state index < -0.39 is 0 Å². The molecule has 2 aliphatic rings. The first-order chi connectivity index (χ1) is 16.9. The summed E-state index contributed by atoms with van der Waals surface area (Å²) in [5, 5.41) is 7.08. The van der Waals surface area contributed by atoms with Crippen LogP contribution in [0.25, 0.3) is 10.7 Å². The number of carbonyl (C=O) groups excluding carboxylic acids is 1. The number of aromatic nitrogens is 3. The van der Waals surface area contributed by atoms with Crippen LogP contribution in [0.1, 0.15) is 60.4 Å². The van der Waals surface area contributed by atoms with E-state index in [2.05, 4.69) is 20.6 Å². The smallest absolute Gasteiger partial charge is 0.264 e. The van der Waals surface area contributed by atoms with E-state index in [1.54, 1.807) is 9.47 Å². The fraction of sp³-hybridized carbons (Fsp3) is 0.308. The number of rotatable bonds is 5. The maximum Gasteiger partial charge on any atom is 0.264 e. The summed E-state index contributed by atoms with van der Waals surface area (Å²) in [6, 6.07) is 11.2. The molecule has 1 atom stereocenters. The van der Waals surface area contributed by atoms with Gasteiger partial charge in [-0.3, -0.25) is 14.2 Å². The zero-order valence-corrected chi connectivity index (χ0v) is 20.6. The van der Waals surface area contributed by atoms with E-state index in [1.807, 2.05) is 63.2 Å². The summed E-state index contributed by atoms with van der Waals surface area (Å²) in [6.07, 6.45) is 4.85. The van der Waals surface area contributed by atoms with Gasteiger partial charge in [-0.05, 0) is 57.4 Å². The van der Waals surface area contributed by atoms with Gasteiger partial charge in [0.05, 0.1) is 18.3 Å². The Hall–Kier alpha value is -3.65. The van der Waals surface area contributed by atoms with Crippen molar-refractivity contribution in [3.8, 4) is 5.69 Å². The van der Waals surface area contributed by atoms with Crippen LogP contribution in [0.3, 0.4) is 0 Å². The van der Waals surface area contributed by atoms with Crippen molar-refractivity contribution in [3.63, 3.8) is 0 Å². The second-order valence-electron chi connectivity index (χ2n) is 9.05. The lowest BCUT2D eigenvalue weighted by Crippen LogP contribution is -2.45. The lowest BCUT2D eigenvalue weighted by molar-refractivity contribution is 0.0710. The Balaban J connectivity index is 1.61. The summed E-state index contributed by atoms with van der Waals surface area (Å²) in [5.74, 6) is 0.791. The molecule has 9 heteroatoms. The van der Waals surface area contributed by atoms with Crippen molar-refractivity contribution in [2.45, 2.75) is 45.7 Å². The zero-order chi connectivity index (χ0) is 24.7. The molecule has 0 radical (unpaired) electrons. The number of carbonyl (C=O) groups is 1. The van der Waals surface area contributed by atoms with E-state index in [1.165, 1.54) is 6.33 Å². The van der Waals surface area contributed by atoms with Gasteiger partial charge in [-0.1, -0.05) is 35.9 Å². The van der Waals surface area contributed by atoms with Crippen molar-refractivity contribution in [1.29, 1.82) is 0 Å². The highest BCUT2D eigenvalue weighted by molar-refractivity contribution is 6.49. The van der Waals surface area contributed by atoms with Gasteiger partial charge in [-0.15, -0.1) is 0 Å².